The second kappa shape index (κ2) is 7.11. The number of halogens is 1. The molecule has 0 radical (unpaired) electrons. The van der Waals surface area contributed by atoms with Crippen molar-refractivity contribution >= 4 is 17.5 Å². The van der Waals surface area contributed by atoms with Gasteiger partial charge in [0.05, 0.1) is 11.1 Å². The lowest BCUT2D eigenvalue weighted by Crippen LogP contribution is -2.36. The summed E-state index contributed by atoms with van der Waals surface area (Å²) >= 11 is 5.82. The van der Waals surface area contributed by atoms with Crippen LogP contribution in [-0.2, 0) is 0 Å². The number of rotatable bonds is 4. The largest absolute Gasteiger partial charge is 0.388 e. The SMILES string of the molecule is O=C(c1ccc(Cl)cn1)N1CCCC1CC(O)c1ccccc1. The lowest BCUT2D eigenvalue weighted by Gasteiger charge is -2.26. The molecule has 1 aromatic carbocycles. The zero-order valence-corrected chi connectivity index (χ0v) is 13.5. The fraction of sp³-hybridized carbons (Fsp3) is 0.333. The summed E-state index contributed by atoms with van der Waals surface area (Å²) in [6.45, 7) is 0.704. The third-order valence-electron chi connectivity index (χ3n) is 4.26. The predicted molar refractivity (Wildman–Crippen MR) is 89.3 cm³/mol. The van der Waals surface area contributed by atoms with Gasteiger partial charge in [-0.1, -0.05) is 41.9 Å². The van der Waals surface area contributed by atoms with Gasteiger partial charge < -0.3 is 10.0 Å². The Morgan fingerprint density at radius 2 is 2.09 bits per heavy atom. The van der Waals surface area contributed by atoms with Crippen LogP contribution in [0.3, 0.4) is 0 Å². The van der Waals surface area contributed by atoms with Crippen LogP contribution in [0.25, 0.3) is 0 Å². The molecule has 2 aromatic rings. The van der Waals surface area contributed by atoms with E-state index < -0.39 is 6.10 Å². The molecular formula is C18H19ClN2O2. The van der Waals surface area contributed by atoms with Crippen molar-refractivity contribution < 1.29 is 9.90 Å². The summed E-state index contributed by atoms with van der Waals surface area (Å²) in [7, 11) is 0. The van der Waals surface area contributed by atoms with Gasteiger partial charge in [-0.05, 0) is 37.0 Å². The Hall–Kier alpha value is -1.91. The number of amides is 1. The van der Waals surface area contributed by atoms with Crippen molar-refractivity contribution in [3.8, 4) is 0 Å². The average molecular weight is 331 g/mol. The van der Waals surface area contributed by atoms with Gasteiger partial charge in [0.25, 0.3) is 5.91 Å². The van der Waals surface area contributed by atoms with Crippen molar-refractivity contribution in [2.24, 2.45) is 0 Å². The van der Waals surface area contributed by atoms with E-state index in [0.29, 0.717) is 23.7 Å². The molecular weight excluding hydrogens is 312 g/mol. The maximum Gasteiger partial charge on any atom is 0.272 e. The van der Waals surface area contributed by atoms with E-state index in [1.54, 1.807) is 12.1 Å². The van der Waals surface area contributed by atoms with Gasteiger partial charge in [0.1, 0.15) is 5.69 Å². The molecule has 4 nitrogen and oxygen atoms in total. The minimum atomic E-state index is -0.562. The van der Waals surface area contributed by atoms with Crippen LogP contribution < -0.4 is 0 Å². The topological polar surface area (TPSA) is 53.4 Å². The van der Waals surface area contributed by atoms with Gasteiger partial charge in [0.2, 0.25) is 0 Å². The van der Waals surface area contributed by atoms with Crippen LogP contribution in [0.15, 0.2) is 48.7 Å². The number of hydrogen-bond donors (Lipinski definition) is 1. The lowest BCUT2D eigenvalue weighted by atomic mass is 10.0. The highest BCUT2D eigenvalue weighted by Crippen LogP contribution is 2.28. The fourth-order valence-electron chi connectivity index (χ4n) is 3.07. The summed E-state index contributed by atoms with van der Waals surface area (Å²) < 4.78 is 0. The molecule has 0 bridgehead atoms. The summed E-state index contributed by atoms with van der Waals surface area (Å²) in [5.41, 5.74) is 1.28. The number of aliphatic hydroxyl groups excluding tert-OH is 1. The highest BCUT2D eigenvalue weighted by Gasteiger charge is 2.31. The van der Waals surface area contributed by atoms with E-state index >= 15 is 0 Å². The van der Waals surface area contributed by atoms with Crippen LogP contribution >= 0.6 is 11.6 Å². The summed E-state index contributed by atoms with van der Waals surface area (Å²) in [6, 6.07) is 12.9. The standard InChI is InChI=1S/C18H19ClN2O2/c19-14-8-9-16(20-12-14)18(23)21-10-4-7-15(21)11-17(22)13-5-2-1-3-6-13/h1-3,5-6,8-9,12,15,17,22H,4,7,10-11H2. The number of hydrogen-bond acceptors (Lipinski definition) is 3. The minimum absolute atomic E-state index is 0.0372. The van der Waals surface area contributed by atoms with Crippen molar-refractivity contribution in [3.63, 3.8) is 0 Å². The maximum absolute atomic E-state index is 12.6. The normalized spacial score (nSPS) is 18.9. The molecule has 1 N–H and O–H groups in total. The molecule has 0 spiro atoms. The second-order valence-corrected chi connectivity index (χ2v) is 6.25. The van der Waals surface area contributed by atoms with E-state index in [4.69, 9.17) is 11.6 Å². The predicted octanol–water partition coefficient (Wildman–Crippen LogP) is 3.46. The van der Waals surface area contributed by atoms with E-state index in [-0.39, 0.29) is 11.9 Å². The number of nitrogens with zero attached hydrogens (tertiary/aromatic N) is 2. The van der Waals surface area contributed by atoms with Gasteiger partial charge in [0.15, 0.2) is 0 Å². The number of pyridine rings is 1. The van der Waals surface area contributed by atoms with Gasteiger partial charge >= 0.3 is 0 Å². The molecule has 5 heteroatoms. The summed E-state index contributed by atoms with van der Waals surface area (Å²) in [6.07, 6.45) is 3.32. The molecule has 1 saturated heterocycles. The molecule has 2 unspecified atom stereocenters. The summed E-state index contributed by atoms with van der Waals surface area (Å²) in [5, 5.41) is 10.9. The third-order valence-corrected chi connectivity index (χ3v) is 4.49. The van der Waals surface area contributed by atoms with E-state index in [9.17, 15) is 9.90 Å². The average Bonchev–Trinajstić information content (AvgIpc) is 3.04. The Morgan fingerprint density at radius 3 is 2.78 bits per heavy atom. The number of likely N-dealkylation sites (tertiary alicyclic amines) is 1. The second-order valence-electron chi connectivity index (χ2n) is 5.82. The zero-order valence-electron chi connectivity index (χ0n) is 12.7. The van der Waals surface area contributed by atoms with Crippen LogP contribution in [0.4, 0.5) is 0 Å². The third kappa shape index (κ3) is 3.71. The number of benzene rings is 1. The van der Waals surface area contributed by atoms with Crippen molar-refractivity contribution in [1.82, 2.24) is 9.88 Å². The highest BCUT2D eigenvalue weighted by atomic mass is 35.5. The quantitative estimate of drug-likeness (QED) is 0.934. The molecule has 2 heterocycles. The van der Waals surface area contributed by atoms with Gasteiger partial charge in [-0.25, -0.2) is 4.98 Å². The maximum atomic E-state index is 12.6. The Labute approximate surface area is 140 Å². The van der Waals surface area contributed by atoms with Crippen LogP contribution in [-0.4, -0.2) is 33.5 Å². The van der Waals surface area contributed by atoms with Crippen molar-refractivity contribution in [2.45, 2.75) is 31.4 Å². The first-order valence-electron chi connectivity index (χ1n) is 7.80. The molecule has 3 rings (SSSR count). The monoisotopic (exact) mass is 330 g/mol. The van der Waals surface area contributed by atoms with Gasteiger partial charge in [-0.15, -0.1) is 0 Å². The van der Waals surface area contributed by atoms with E-state index in [0.717, 1.165) is 18.4 Å². The molecule has 1 aliphatic rings. The molecule has 23 heavy (non-hydrogen) atoms. The number of aromatic nitrogens is 1. The van der Waals surface area contributed by atoms with Crippen molar-refractivity contribution in [1.29, 1.82) is 0 Å². The first kappa shape index (κ1) is 16.0. The fourth-order valence-corrected chi connectivity index (χ4v) is 3.18. The van der Waals surface area contributed by atoms with Crippen molar-refractivity contribution in [2.75, 3.05) is 6.54 Å². The molecule has 1 fully saturated rings. The highest BCUT2D eigenvalue weighted by molar-refractivity contribution is 6.30. The number of carbonyl (C=O) groups is 1. The van der Waals surface area contributed by atoms with Crippen LogP contribution in [0.2, 0.25) is 5.02 Å². The Kier molecular flexibility index (Phi) is 4.94. The summed E-state index contributed by atoms with van der Waals surface area (Å²) in [5.74, 6) is -0.0931. The molecule has 0 saturated carbocycles. The zero-order chi connectivity index (χ0) is 16.2. The molecule has 1 aromatic heterocycles. The van der Waals surface area contributed by atoms with Crippen molar-refractivity contribution in [3.05, 3.63) is 64.9 Å². The van der Waals surface area contributed by atoms with E-state index in [2.05, 4.69) is 4.98 Å². The molecule has 1 aliphatic heterocycles. The Morgan fingerprint density at radius 1 is 1.30 bits per heavy atom. The van der Waals surface area contributed by atoms with Crippen LogP contribution in [0.1, 0.15) is 41.4 Å². The van der Waals surface area contributed by atoms with Crippen LogP contribution in [0.5, 0.6) is 0 Å². The number of carbonyl (C=O) groups excluding carboxylic acids is 1. The van der Waals surface area contributed by atoms with E-state index in [1.165, 1.54) is 6.20 Å². The van der Waals surface area contributed by atoms with Gasteiger partial charge in [-0.2, -0.15) is 0 Å². The summed E-state index contributed by atoms with van der Waals surface area (Å²) in [4.78, 5) is 18.6. The molecule has 2 atom stereocenters. The smallest absolute Gasteiger partial charge is 0.272 e. The van der Waals surface area contributed by atoms with Crippen LogP contribution in [0, 0.1) is 0 Å². The Balaban J connectivity index is 1.70. The lowest BCUT2D eigenvalue weighted by molar-refractivity contribution is 0.0661. The van der Waals surface area contributed by atoms with Gasteiger partial charge in [-0.3, -0.25) is 4.79 Å². The molecule has 1 amide bonds. The minimum Gasteiger partial charge on any atom is -0.388 e. The van der Waals surface area contributed by atoms with E-state index in [1.807, 2.05) is 35.2 Å². The number of aliphatic hydroxyl groups is 1. The van der Waals surface area contributed by atoms with Gasteiger partial charge in [0, 0.05) is 18.8 Å². The first-order valence-corrected chi connectivity index (χ1v) is 8.18. The molecule has 0 aliphatic carbocycles. The first-order chi connectivity index (χ1) is 11.1. The molecule has 120 valence electrons. The Bertz CT molecular complexity index is 660.